The molecule has 0 radical (unpaired) electrons. The van der Waals surface area contributed by atoms with E-state index in [2.05, 4.69) is 6.26 Å². The highest BCUT2D eigenvalue weighted by Gasteiger charge is 2.16. The van der Waals surface area contributed by atoms with Crippen LogP contribution in [-0.4, -0.2) is 17.8 Å². The zero-order chi connectivity index (χ0) is 6.41. The average Bonchev–Trinajstić information content (AvgIpc) is 2.24. The molecule has 0 spiro atoms. The second-order valence-corrected chi connectivity index (χ2v) is 4.28. The molecule has 8 heavy (non-hydrogen) atoms. The van der Waals surface area contributed by atoms with E-state index in [1.807, 2.05) is 0 Å². The summed E-state index contributed by atoms with van der Waals surface area (Å²) < 4.78 is 0. The molecule has 0 atom stereocenters. The third-order valence-corrected chi connectivity index (χ3v) is 3.21. The van der Waals surface area contributed by atoms with Gasteiger partial charge >= 0.3 is 0 Å². The Morgan fingerprint density at radius 2 is 1.62 bits per heavy atom. The highest BCUT2D eigenvalue weighted by Crippen LogP contribution is 2.08. The number of hydrogen-bond donors (Lipinski definition) is 0. The van der Waals surface area contributed by atoms with Gasteiger partial charge in [0.15, 0.2) is 0 Å². The van der Waals surface area contributed by atoms with Gasteiger partial charge in [-0.3, -0.25) is 0 Å². The monoisotopic (exact) mass is 129 g/mol. The van der Waals surface area contributed by atoms with Crippen molar-refractivity contribution in [2.24, 2.45) is 0 Å². The van der Waals surface area contributed by atoms with E-state index in [0.29, 0.717) is 0 Å². The zero-order valence-electron chi connectivity index (χ0n) is 5.18. The molecular weight excluding hydrogens is 118 g/mol. The fourth-order valence-electron chi connectivity index (χ4n) is 0.799. The Kier molecular flexibility index (Phi) is 4.89. The van der Waals surface area contributed by atoms with E-state index >= 15 is 0 Å². The first-order chi connectivity index (χ1) is 3.89. The minimum absolute atomic E-state index is 0.827. The third kappa shape index (κ3) is 2.92. The lowest BCUT2D eigenvalue weighted by Crippen LogP contribution is -1.96. The second kappa shape index (κ2) is 4.99. The van der Waals surface area contributed by atoms with Crippen molar-refractivity contribution in [3.8, 4) is 0 Å². The molecule has 0 amide bonds. The van der Waals surface area contributed by atoms with E-state index in [1.165, 1.54) is 24.3 Å². The van der Waals surface area contributed by atoms with Gasteiger partial charge < -0.3 is 11.8 Å². The molecule has 1 fully saturated rings. The van der Waals surface area contributed by atoms with Crippen molar-refractivity contribution in [2.75, 3.05) is 17.8 Å². The average molecular weight is 129 g/mol. The first kappa shape index (κ1) is 7.84. The largest absolute Gasteiger partial charge is 0.512 e. The first-order valence-corrected chi connectivity index (χ1v) is 4.68. The molecule has 1 aliphatic heterocycles. The number of hydrogen-bond acceptors (Lipinski definition) is 1. The van der Waals surface area contributed by atoms with Gasteiger partial charge in [0, 0.05) is 0 Å². The fourth-order valence-corrected chi connectivity index (χ4v) is 2.40. The van der Waals surface area contributed by atoms with Crippen LogP contribution in [0.25, 0.3) is 0 Å². The maximum Gasteiger partial charge on any atom is 0.108 e. The van der Waals surface area contributed by atoms with Crippen LogP contribution in [0.15, 0.2) is 0 Å². The molecule has 1 rings (SSSR count). The van der Waals surface area contributed by atoms with E-state index in [1.54, 1.807) is 0 Å². The van der Waals surface area contributed by atoms with Crippen LogP contribution in [0.3, 0.4) is 0 Å². The minimum Gasteiger partial charge on any atom is -0.512 e. The van der Waals surface area contributed by atoms with Crippen LogP contribution in [0.2, 0.25) is 0 Å². The molecule has 0 aromatic rings. The predicted molar refractivity (Wildman–Crippen MR) is 37.2 cm³/mol. The Morgan fingerprint density at radius 1 is 1.25 bits per heavy atom. The van der Waals surface area contributed by atoms with Crippen molar-refractivity contribution < 1.29 is 0 Å². The Morgan fingerprint density at radius 3 is 1.75 bits per heavy atom. The topological polar surface area (TPSA) is 23.8 Å². The van der Waals surface area contributed by atoms with E-state index < -0.39 is 0 Å². The summed E-state index contributed by atoms with van der Waals surface area (Å²) >= 11 is 0. The van der Waals surface area contributed by atoms with Crippen molar-refractivity contribution in [1.82, 2.24) is 0 Å². The summed E-state index contributed by atoms with van der Waals surface area (Å²) in [4.78, 5) is 0. The lowest BCUT2D eigenvalue weighted by Gasteiger charge is -1.81. The van der Waals surface area contributed by atoms with Gasteiger partial charge in [-0.2, -0.15) is 0 Å². The van der Waals surface area contributed by atoms with Crippen LogP contribution < -0.4 is 0 Å². The standard InChI is InChI=1S/C5H11S.CN/c1-6-4-2-3-5-6;1-2/h2-5H2,1H3;/q+1;-1. The van der Waals surface area contributed by atoms with Crippen LogP contribution in [-0.2, 0) is 10.9 Å². The SMILES string of the molecule is C[S+]1CCCC1.[C-]#N. The Labute approximate surface area is 54.0 Å². The minimum atomic E-state index is 0.827. The summed E-state index contributed by atoms with van der Waals surface area (Å²) in [5.74, 6) is 3.03. The van der Waals surface area contributed by atoms with Gasteiger partial charge in [0.2, 0.25) is 0 Å². The third-order valence-electron chi connectivity index (χ3n) is 1.24. The Bertz CT molecular complexity index is 64.2. The molecule has 0 unspecified atom stereocenters. The van der Waals surface area contributed by atoms with Crippen LogP contribution in [0.1, 0.15) is 12.8 Å². The Hall–Kier alpha value is -0.160. The molecule has 1 aliphatic rings. The fraction of sp³-hybridized carbons (Fsp3) is 0.833. The van der Waals surface area contributed by atoms with E-state index in [0.717, 1.165) is 10.9 Å². The molecule has 2 heteroatoms. The molecule has 0 aliphatic carbocycles. The van der Waals surface area contributed by atoms with Crippen LogP contribution in [0.4, 0.5) is 0 Å². The molecule has 1 saturated heterocycles. The van der Waals surface area contributed by atoms with Crippen LogP contribution in [0.5, 0.6) is 0 Å². The highest BCUT2D eigenvalue weighted by atomic mass is 32.2. The van der Waals surface area contributed by atoms with Crippen molar-refractivity contribution in [1.29, 1.82) is 5.26 Å². The maximum atomic E-state index is 6.25. The predicted octanol–water partition coefficient (Wildman–Crippen LogP) is 1.12. The highest BCUT2D eigenvalue weighted by molar-refractivity contribution is 7.96. The van der Waals surface area contributed by atoms with Crippen LogP contribution in [0, 0.1) is 11.8 Å². The molecule has 0 saturated carbocycles. The van der Waals surface area contributed by atoms with E-state index in [4.69, 9.17) is 11.8 Å². The van der Waals surface area contributed by atoms with Gasteiger partial charge in [-0.1, -0.05) is 0 Å². The summed E-state index contributed by atoms with van der Waals surface area (Å²) in [5, 5.41) is 6.25. The van der Waals surface area contributed by atoms with Gasteiger partial charge in [-0.25, -0.2) is 0 Å². The van der Waals surface area contributed by atoms with Gasteiger partial charge in [-0.15, -0.1) is 0 Å². The summed E-state index contributed by atoms with van der Waals surface area (Å²) in [6, 6.07) is 0. The number of nitrogens with zero attached hydrogens (tertiary/aromatic N) is 1. The summed E-state index contributed by atoms with van der Waals surface area (Å²) in [6.07, 6.45) is 5.37. The smallest absolute Gasteiger partial charge is 0.108 e. The van der Waals surface area contributed by atoms with Gasteiger partial charge in [0.1, 0.15) is 11.5 Å². The Balaban J connectivity index is 0.000000222. The van der Waals surface area contributed by atoms with E-state index in [-0.39, 0.29) is 0 Å². The quantitative estimate of drug-likeness (QED) is 0.355. The van der Waals surface area contributed by atoms with Gasteiger partial charge in [-0.05, 0) is 23.7 Å². The molecule has 1 nitrogen and oxygen atoms in total. The summed E-state index contributed by atoms with van der Waals surface area (Å²) in [5.41, 5.74) is 0. The molecule has 0 aromatic carbocycles. The molecule has 46 valence electrons. The summed E-state index contributed by atoms with van der Waals surface area (Å²) in [7, 11) is 0.827. The zero-order valence-corrected chi connectivity index (χ0v) is 6.00. The van der Waals surface area contributed by atoms with Crippen molar-refractivity contribution in [2.45, 2.75) is 12.8 Å². The molecule has 0 aromatic heterocycles. The van der Waals surface area contributed by atoms with E-state index in [9.17, 15) is 0 Å². The van der Waals surface area contributed by atoms with Crippen molar-refractivity contribution in [3.63, 3.8) is 0 Å². The molecule has 1 heterocycles. The first-order valence-electron chi connectivity index (χ1n) is 2.71. The molecule has 0 bridgehead atoms. The normalized spacial score (nSPS) is 19.4. The second-order valence-electron chi connectivity index (χ2n) is 1.90. The lowest BCUT2D eigenvalue weighted by atomic mass is 10.4. The van der Waals surface area contributed by atoms with Gasteiger partial charge in [0.25, 0.3) is 0 Å². The van der Waals surface area contributed by atoms with Gasteiger partial charge in [0.05, 0.1) is 6.26 Å². The summed E-state index contributed by atoms with van der Waals surface area (Å²) in [6.45, 7) is 4.75. The molecule has 0 N–H and O–H groups in total. The maximum absolute atomic E-state index is 6.25. The number of rotatable bonds is 0. The van der Waals surface area contributed by atoms with Crippen LogP contribution >= 0.6 is 0 Å². The lowest BCUT2D eigenvalue weighted by molar-refractivity contribution is 0.949. The molecular formula is C6H11NS. The van der Waals surface area contributed by atoms with Crippen molar-refractivity contribution >= 4 is 10.9 Å². The van der Waals surface area contributed by atoms with Crippen molar-refractivity contribution in [3.05, 3.63) is 6.57 Å².